The smallest absolute Gasteiger partial charge is 0.248 e. The number of fused-ring (bicyclic) bond motifs is 1. The number of phenolic OH excluding ortho intramolecular Hbond substituents is 1. The van der Waals surface area contributed by atoms with Crippen molar-refractivity contribution in [3.63, 3.8) is 0 Å². The molecule has 2 amide bonds. The number of H-pyrrole nitrogens is 1. The number of aromatic amines is 1. The van der Waals surface area contributed by atoms with E-state index in [9.17, 15) is 19.5 Å². The van der Waals surface area contributed by atoms with Gasteiger partial charge in [0.05, 0.1) is 16.9 Å². The zero-order chi connectivity index (χ0) is 14.9. The summed E-state index contributed by atoms with van der Waals surface area (Å²) in [5, 5.41) is 15.6. The molecule has 0 saturated carbocycles. The number of hydrogen-bond acceptors (Lipinski definition) is 4. The Labute approximate surface area is 113 Å². The van der Waals surface area contributed by atoms with Crippen molar-refractivity contribution in [2.45, 2.75) is 13.8 Å². The normalized spacial score (nSPS) is 10.3. The van der Waals surface area contributed by atoms with Gasteiger partial charge in [-0.05, 0) is 12.1 Å². The second kappa shape index (κ2) is 5.04. The zero-order valence-electron chi connectivity index (χ0n) is 10.9. The Morgan fingerprint density at radius 3 is 2.30 bits per heavy atom. The van der Waals surface area contributed by atoms with E-state index in [-0.39, 0.29) is 28.8 Å². The molecule has 0 aliphatic rings. The molecule has 0 fully saturated rings. The first-order valence-electron chi connectivity index (χ1n) is 5.82. The third-order valence-electron chi connectivity index (χ3n) is 2.61. The molecule has 104 valence electrons. The van der Waals surface area contributed by atoms with Crippen LogP contribution in [0.3, 0.4) is 0 Å². The second-order valence-electron chi connectivity index (χ2n) is 4.29. The maximum absolute atomic E-state index is 11.4. The number of anilines is 2. The molecule has 4 N–H and O–H groups in total. The van der Waals surface area contributed by atoms with Gasteiger partial charge < -0.3 is 20.7 Å². The Balaban J connectivity index is 2.76. The van der Waals surface area contributed by atoms with E-state index >= 15 is 0 Å². The van der Waals surface area contributed by atoms with Gasteiger partial charge in [0.25, 0.3) is 0 Å². The average Bonchev–Trinajstić information content (AvgIpc) is 2.33. The predicted octanol–water partition coefficient (Wildman–Crippen LogP) is 1.15. The Bertz CT molecular complexity index is 764. The molecule has 7 heteroatoms. The number of carbonyl (C=O) groups is 2. The summed E-state index contributed by atoms with van der Waals surface area (Å²) in [5.74, 6) is -0.953. The van der Waals surface area contributed by atoms with Crippen LogP contribution in [0.4, 0.5) is 11.4 Å². The highest BCUT2D eigenvalue weighted by Gasteiger charge is 2.14. The first-order chi connectivity index (χ1) is 9.38. The summed E-state index contributed by atoms with van der Waals surface area (Å²) in [7, 11) is 0. The number of nitrogens with one attached hydrogen (secondary N) is 3. The molecule has 0 saturated heterocycles. The molecule has 1 aromatic carbocycles. The lowest BCUT2D eigenvalue weighted by Crippen LogP contribution is -2.11. The van der Waals surface area contributed by atoms with Crippen molar-refractivity contribution >= 4 is 34.1 Å². The van der Waals surface area contributed by atoms with Crippen LogP contribution >= 0.6 is 0 Å². The number of benzene rings is 1. The lowest BCUT2D eigenvalue weighted by molar-refractivity contribution is -0.115. The van der Waals surface area contributed by atoms with Gasteiger partial charge in [0.2, 0.25) is 17.4 Å². The fourth-order valence-electron chi connectivity index (χ4n) is 1.89. The van der Waals surface area contributed by atoms with Crippen molar-refractivity contribution in [3.8, 4) is 5.75 Å². The Morgan fingerprint density at radius 1 is 1.10 bits per heavy atom. The number of carbonyl (C=O) groups excluding carboxylic acids is 2. The quantitative estimate of drug-likeness (QED) is 0.486. The fourth-order valence-corrected chi connectivity index (χ4v) is 1.89. The van der Waals surface area contributed by atoms with Gasteiger partial charge in [-0.2, -0.15) is 0 Å². The van der Waals surface area contributed by atoms with Gasteiger partial charge in [0, 0.05) is 25.3 Å². The lowest BCUT2D eigenvalue weighted by Gasteiger charge is -2.13. The molecular formula is C13H13N3O4. The molecule has 7 nitrogen and oxygen atoms in total. The summed E-state index contributed by atoms with van der Waals surface area (Å²) in [6.45, 7) is 2.62. The summed E-state index contributed by atoms with van der Waals surface area (Å²) in [5.41, 5.74) is 0.231. The highest BCUT2D eigenvalue weighted by molar-refractivity contribution is 6.06. The number of amides is 2. The standard InChI is InChI=1S/C13H13N3O4/c1-6(17)14-9-5-10(15-7(2)18)13(20)12-8(9)3-4-11(19)16-12/h3-5,20H,1-2H3,(H,14,17)(H,15,18)(H,16,19). The number of hydrogen-bond donors (Lipinski definition) is 4. The minimum atomic E-state index is -0.401. The zero-order valence-corrected chi connectivity index (χ0v) is 10.9. The van der Waals surface area contributed by atoms with Gasteiger partial charge >= 0.3 is 0 Å². The number of aromatic nitrogens is 1. The van der Waals surface area contributed by atoms with Gasteiger partial charge in [-0.1, -0.05) is 0 Å². The SMILES string of the molecule is CC(=O)Nc1cc(NC(C)=O)c2ccc(=O)[nH]c2c1O. The summed E-state index contributed by atoms with van der Waals surface area (Å²) >= 11 is 0. The van der Waals surface area contributed by atoms with E-state index in [1.807, 2.05) is 0 Å². The van der Waals surface area contributed by atoms with E-state index < -0.39 is 5.56 Å². The molecule has 0 atom stereocenters. The van der Waals surface area contributed by atoms with Crippen molar-refractivity contribution in [1.82, 2.24) is 4.98 Å². The fraction of sp³-hybridized carbons (Fsp3) is 0.154. The van der Waals surface area contributed by atoms with Crippen molar-refractivity contribution < 1.29 is 14.7 Å². The van der Waals surface area contributed by atoms with Crippen molar-refractivity contribution in [3.05, 3.63) is 28.6 Å². The van der Waals surface area contributed by atoms with Crippen LogP contribution in [-0.4, -0.2) is 21.9 Å². The molecule has 0 aliphatic carbocycles. The first-order valence-corrected chi connectivity index (χ1v) is 5.82. The highest BCUT2D eigenvalue weighted by atomic mass is 16.3. The van der Waals surface area contributed by atoms with Gasteiger partial charge in [-0.15, -0.1) is 0 Å². The third kappa shape index (κ3) is 2.61. The predicted molar refractivity (Wildman–Crippen MR) is 74.8 cm³/mol. The second-order valence-corrected chi connectivity index (χ2v) is 4.29. The van der Waals surface area contributed by atoms with Crippen LogP contribution < -0.4 is 16.2 Å². The van der Waals surface area contributed by atoms with E-state index in [0.29, 0.717) is 11.1 Å². The van der Waals surface area contributed by atoms with E-state index in [4.69, 9.17) is 0 Å². The number of phenols is 1. The van der Waals surface area contributed by atoms with E-state index in [1.54, 1.807) is 0 Å². The lowest BCUT2D eigenvalue weighted by atomic mass is 10.1. The topological polar surface area (TPSA) is 111 Å². The van der Waals surface area contributed by atoms with Crippen LogP contribution in [-0.2, 0) is 9.59 Å². The molecule has 0 spiro atoms. The van der Waals surface area contributed by atoms with Crippen molar-refractivity contribution in [2.75, 3.05) is 10.6 Å². The van der Waals surface area contributed by atoms with Crippen LogP contribution in [0.15, 0.2) is 23.0 Å². The van der Waals surface area contributed by atoms with Gasteiger partial charge in [0.1, 0.15) is 0 Å². The van der Waals surface area contributed by atoms with Gasteiger partial charge in [-0.3, -0.25) is 14.4 Å². The molecule has 1 aromatic heterocycles. The molecule has 2 rings (SSSR count). The molecule has 0 bridgehead atoms. The Hall–Kier alpha value is -2.83. The van der Waals surface area contributed by atoms with Crippen LogP contribution in [0.25, 0.3) is 10.9 Å². The number of aromatic hydroxyl groups is 1. The monoisotopic (exact) mass is 275 g/mol. The number of rotatable bonds is 2. The van der Waals surface area contributed by atoms with Gasteiger partial charge in [-0.25, -0.2) is 0 Å². The first kappa shape index (κ1) is 13.6. The van der Waals surface area contributed by atoms with Crippen LogP contribution in [0.2, 0.25) is 0 Å². The molecule has 0 aliphatic heterocycles. The summed E-state index contributed by atoms with van der Waals surface area (Å²) in [6.07, 6.45) is 0. The molecule has 0 unspecified atom stereocenters. The molecule has 2 aromatic rings. The molecule has 20 heavy (non-hydrogen) atoms. The summed E-state index contributed by atoms with van der Waals surface area (Å²) in [4.78, 5) is 36.2. The Kier molecular flexibility index (Phi) is 3.43. The maximum Gasteiger partial charge on any atom is 0.248 e. The molecular weight excluding hydrogens is 262 g/mol. The Morgan fingerprint density at radius 2 is 1.70 bits per heavy atom. The van der Waals surface area contributed by atoms with Crippen molar-refractivity contribution in [2.24, 2.45) is 0 Å². The molecule has 1 heterocycles. The average molecular weight is 275 g/mol. The van der Waals surface area contributed by atoms with E-state index in [1.165, 1.54) is 32.0 Å². The summed E-state index contributed by atoms with van der Waals surface area (Å²) in [6, 6.07) is 4.20. The minimum Gasteiger partial charge on any atom is -0.504 e. The third-order valence-corrected chi connectivity index (χ3v) is 2.61. The van der Waals surface area contributed by atoms with E-state index in [0.717, 1.165) is 0 Å². The van der Waals surface area contributed by atoms with E-state index in [2.05, 4.69) is 15.6 Å². The highest BCUT2D eigenvalue weighted by Crippen LogP contribution is 2.36. The van der Waals surface area contributed by atoms with Crippen LogP contribution in [0.1, 0.15) is 13.8 Å². The van der Waals surface area contributed by atoms with Crippen LogP contribution in [0, 0.1) is 0 Å². The summed E-state index contributed by atoms with van der Waals surface area (Å²) < 4.78 is 0. The van der Waals surface area contributed by atoms with Gasteiger partial charge in [0.15, 0.2) is 5.75 Å². The maximum atomic E-state index is 11.4. The molecule has 0 radical (unpaired) electrons. The van der Waals surface area contributed by atoms with Crippen LogP contribution in [0.5, 0.6) is 5.75 Å². The minimum absolute atomic E-state index is 0.107. The van der Waals surface area contributed by atoms with Crippen molar-refractivity contribution in [1.29, 1.82) is 0 Å². The number of pyridine rings is 1. The largest absolute Gasteiger partial charge is 0.504 e.